The van der Waals surface area contributed by atoms with Gasteiger partial charge in [0.1, 0.15) is 17.9 Å². The Labute approximate surface area is 308 Å². The van der Waals surface area contributed by atoms with E-state index in [0.29, 0.717) is 43.2 Å². The lowest BCUT2D eigenvalue weighted by atomic mass is 9.71. The number of piperazine rings is 1. The van der Waals surface area contributed by atoms with Gasteiger partial charge in [-0.05, 0) is 109 Å². The van der Waals surface area contributed by atoms with E-state index in [1.807, 2.05) is 27.7 Å². The monoisotopic (exact) mass is 748 g/mol. The van der Waals surface area contributed by atoms with E-state index >= 15 is 0 Å². The summed E-state index contributed by atoms with van der Waals surface area (Å²) < 4.78 is 51.1. The topological polar surface area (TPSA) is 114 Å². The van der Waals surface area contributed by atoms with Gasteiger partial charge in [-0.2, -0.15) is 17.0 Å². The number of nitrogens with one attached hydrogen (secondary N) is 1. The number of ether oxygens (including phenoxy) is 1. The maximum absolute atomic E-state index is 14.4. The van der Waals surface area contributed by atoms with Crippen LogP contribution in [0.25, 0.3) is 0 Å². The van der Waals surface area contributed by atoms with Crippen molar-refractivity contribution in [2.45, 2.75) is 90.4 Å². The number of likely N-dealkylation sites (tertiary alicyclic amines) is 1. The van der Waals surface area contributed by atoms with Gasteiger partial charge in [0.25, 0.3) is 16.1 Å². The zero-order valence-corrected chi connectivity index (χ0v) is 32.0. The number of anilines is 1. The van der Waals surface area contributed by atoms with E-state index in [1.54, 1.807) is 19.7 Å². The van der Waals surface area contributed by atoms with Crippen molar-refractivity contribution in [2.24, 2.45) is 11.3 Å². The van der Waals surface area contributed by atoms with Crippen LogP contribution in [0.1, 0.15) is 76.6 Å². The molecule has 5 aliphatic heterocycles. The summed E-state index contributed by atoms with van der Waals surface area (Å²) in [5, 5.41) is 3.41. The summed E-state index contributed by atoms with van der Waals surface area (Å²) >= 11 is 0. The minimum atomic E-state index is -3.38. The fraction of sp³-hybridized carbons (Fsp3) is 0.694. The molecule has 5 aliphatic rings. The Morgan fingerprint density at radius 1 is 1.04 bits per heavy atom. The quantitative estimate of drug-likeness (QED) is 0.378. The molecule has 15 heteroatoms. The van der Waals surface area contributed by atoms with Gasteiger partial charge in [0, 0.05) is 70.0 Å². The van der Waals surface area contributed by atoms with Crippen LogP contribution in [0.4, 0.5) is 10.2 Å². The third-order valence-electron chi connectivity index (χ3n) is 11.8. The average molecular weight is 749 g/mol. The first kappa shape index (κ1) is 38.1. The molecule has 1 aromatic heterocycles. The van der Waals surface area contributed by atoms with Gasteiger partial charge in [-0.1, -0.05) is 0 Å². The van der Waals surface area contributed by atoms with Gasteiger partial charge in [-0.3, -0.25) is 4.79 Å². The molecule has 282 valence electrons. The van der Waals surface area contributed by atoms with Gasteiger partial charge in [-0.25, -0.2) is 14.4 Å². The standard InChI is InChI=1S/C36H53FN8O4S.ClH/c1-25(2)45(26(3)4)35(46)31-17-28(37)5-6-32(31)49-33-20-38-24-40-34(33)42-12-7-27(22-42)21-41-13-8-36(9-14-41)10-15-43(16-11-36)50(47,48)44-23-29-18-30(44)19-39-29;/h5-6,17,20,24-27,29-30,39H,7-16,18-19,21-23H2,1-4H3;1H/t27-,29-,30-;/m0./s1. The normalized spacial score (nSPS) is 25.5. The highest BCUT2D eigenvalue weighted by molar-refractivity contribution is 7.86. The number of hydrogen-bond donors (Lipinski definition) is 1. The highest BCUT2D eigenvalue weighted by Gasteiger charge is 2.48. The molecule has 2 bridgehead atoms. The molecule has 6 heterocycles. The van der Waals surface area contributed by atoms with Crippen LogP contribution in [-0.2, 0) is 10.2 Å². The SMILES string of the molecule is CC(C)N(C(=O)c1cc(F)ccc1Oc1cncnc1N1CC[C@@H](CN2CCC3(CC2)CCN(S(=O)(=O)N2C[C@@H]4C[C@H]2CN4)CC3)C1)C(C)C.Cl. The van der Waals surface area contributed by atoms with Crippen LogP contribution in [0, 0.1) is 17.2 Å². The van der Waals surface area contributed by atoms with Crippen molar-refractivity contribution in [1.82, 2.24) is 33.7 Å². The molecule has 5 fully saturated rings. The number of nitrogens with zero attached hydrogens (tertiary/aromatic N) is 7. The van der Waals surface area contributed by atoms with Crippen LogP contribution in [0.3, 0.4) is 0 Å². The van der Waals surface area contributed by atoms with Gasteiger partial charge in [-0.15, -0.1) is 12.4 Å². The van der Waals surface area contributed by atoms with E-state index in [0.717, 1.165) is 77.8 Å². The lowest BCUT2D eigenvalue weighted by Gasteiger charge is -2.47. The summed E-state index contributed by atoms with van der Waals surface area (Å²) in [6, 6.07) is 4.36. The Hall–Kier alpha value is -2.62. The molecule has 1 aromatic carbocycles. The lowest BCUT2D eigenvalue weighted by molar-refractivity contribution is 0.0491. The van der Waals surface area contributed by atoms with Crippen LogP contribution in [-0.4, -0.2) is 126 Å². The second-order valence-corrected chi connectivity index (χ2v) is 17.6. The van der Waals surface area contributed by atoms with Crippen LogP contribution >= 0.6 is 12.4 Å². The van der Waals surface area contributed by atoms with Crippen molar-refractivity contribution in [1.29, 1.82) is 0 Å². The predicted molar refractivity (Wildman–Crippen MR) is 197 cm³/mol. The number of hydrogen-bond acceptors (Lipinski definition) is 9. The average Bonchev–Trinajstić information content (AvgIpc) is 3.86. The molecule has 51 heavy (non-hydrogen) atoms. The molecule has 5 saturated heterocycles. The number of carbonyl (C=O) groups excluding carboxylic acids is 1. The molecule has 0 unspecified atom stereocenters. The number of fused-ring (bicyclic) bond motifs is 2. The zero-order chi connectivity index (χ0) is 35.2. The van der Waals surface area contributed by atoms with Gasteiger partial charge in [0.2, 0.25) is 0 Å². The largest absolute Gasteiger partial charge is 0.451 e. The molecule has 12 nitrogen and oxygen atoms in total. The first-order valence-corrected chi connectivity index (χ1v) is 19.9. The number of halogens is 2. The summed E-state index contributed by atoms with van der Waals surface area (Å²) in [6.07, 6.45) is 9.22. The second kappa shape index (κ2) is 15.4. The van der Waals surface area contributed by atoms with E-state index in [1.165, 1.54) is 24.5 Å². The molecule has 1 spiro atoms. The number of rotatable bonds is 10. The number of benzene rings is 1. The van der Waals surface area contributed by atoms with Crippen molar-refractivity contribution in [3.05, 3.63) is 42.1 Å². The summed E-state index contributed by atoms with van der Waals surface area (Å²) in [5.74, 6) is 1.08. The van der Waals surface area contributed by atoms with E-state index in [4.69, 9.17) is 4.74 Å². The molecular weight excluding hydrogens is 695 g/mol. The van der Waals surface area contributed by atoms with Crippen molar-refractivity contribution in [2.75, 3.05) is 63.8 Å². The Kier molecular flexibility index (Phi) is 11.5. The Morgan fingerprint density at radius 3 is 2.39 bits per heavy atom. The van der Waals surface area contributed by atoms with E-state index < -0.39 is 16.0 Å². The smallest absolute Gasteiger partial charge is 0.282 e. The zero-order valence-electron chi connectivity index (χ0n) is 30.3. The minimum absolute atomic E-state index is 0. The number of piperidine rings is 2. The molecule has 1 amide bonds. The van der Waals surface area contributed by atoms with Gasteiger partial charge in [0.15, 0.2) is 11.6 Å². The Balaban J connectivity index is 0.00000448. The Morgan fingerprint density at radius 2 is 1.75 bits per heavy atom. The molecule has 0 saturated carbocycles. The van der Waals surface area contributed by atoms with Crippen molar-refractivity contribution >= 4 is 34.3 Å². The van der Waals surface area contributed by atoms with E-state index in [-0.39, 0.29) is 53.2 Å². The summed E-state index contributed by atoms with van der Waals surface area (Å²) in [5.41, 5.74) is 0.415. The van der Waals surface area contributed by atoms with Crippen LogP contribution in [0.15, 0.2) is 30.7 Å². The first-order valence-electron chi connectivity index (χ1n) is 18.5. The highest BCUT2D eigenvalue weighted by Crippen LogP contribution is 2.43. The minimum Gasteiger partial charge on any atom is -0.451 e. The predicted octanol–water partition coefficient (Wildman–Crippen LogP) is 4.38. The van der Waals surface area contributed by atoms with E-state index in [2.05, 4.69) is 25.1 Å². The molecular formula is C36H54ClFN8O4S. The third-order valence-corrected chi connectivity index (χ3v) is 13.9. The van der Waals surface area contributed by atoms with Gasteiger partial charge < -0.3 is 24.8 Å². The molecule has 7 rings (SSSR count). The molecule has 3 atom stereocenters. The maximum atomic E-state index is 14.4. The van der Waals surface area contributed by atoms with Crippen LogP contribution in [0.2, 0.25) is 0 Å². The number of aromatic nitrogens is 2. The summed E-state index contributed by atoms with van der Waals surface area (Å²) in [7, 11) is -3.38. The first-order chi connectivity index (χ1) is 23.9. The van der Waals surface area contributed by atoms with Gasteiger partial charge >= 0.3 is 0 Å². The lowest BCUT2D eigenvalue weighted by Crippen LogP contribution is -2.55. The molecule has 2 aromatic rings. The summed E-state index contributed by atoms with van der Waals surface area (Å²) in [4.78, 5) is 28.9. The number of amides is 1. The molecule has 1 N–H and O–H groups in total. The van der Waals surface area contributed by atoms with Crippen molar-refractivity contribution in [3.63, 3.8) is 0 Å². The van der Waals surface area contributed by atoms with Crippen LogP contribution < -0.4 is 15.0 Å². The van der Waals surface area contributed by atoms with Crippen LogP contribution in [0.5, 0.6) is 11.5 Å². The van der Waals surface area contributed by atoms with Gasteiger partial charge in [0.05, 0.1) is 11.8 Å². The van der Waals surface area contributed by atoms with Crippen molar-refractivity contribution < 1.29 is 22.3 Å². The molecule has 0 radical (unpaired) electrons. The van der Waals surface area contributed by atoms with Crippen molar-refractivity contribution in [3.8, 4) is 11.5 Å². The maximum Gasteiger partial charge on any atom is 0.282 e. The third kappa shape index (κ3) is 7.87. The summed E-state index contributed by atoms with van der Waals surface area (Å²) in [6.45, 7) is 15.2. The Bertz CT molecular complexity index is 1640. The highest BCUT2D eigenvalue weighted by atomic mass is 35.5. The molecule has 0 aliphatic carbocycles. The van der Waals surface area contributed by atoms with E-state index in [9.17, 15) is 17.6 Å². The second-order valence-electron chi connectivity index (χ2n) is 15.7. The fourth-order valence-electron chi connectivity index (χ4n) is 9.09. The number of carbonyl (C=O) groups is 1. The fourth-order valence-corrected chi connectivity index (χ4v) is 10.9.